The Balaban J connectivity index is 1.62. The van der Waals surface area contributed by atoms with Crippen molar-refractivity contribution in [2.24, 2.45) is 5.92 Å². The van der Waals surface area contributed by atoms with Gasteiger partial charge in [0.05, 0.1) is 0 Å². The van der Waals surface area contributed by atoms with Gasteiger partial charge in [-0.25, -0.2) is 4.39 Å². The maximum absolute atomic E-state index is 12.7. The second-order valence-corrected chi connectivity index (χ2v) is 6.39. The topological polar surface area (TPSA) is 12.0 Å². The van der Waals surface area contributed by atoms with Crippen LogP contribution in [0.25, 0.3) is 0 Å². The van der Waals surface area contributed by atoms with E-state index < -0.39 is 0 Å². The van der Waals surface area contributed by atoms with Crippen LogP contribution in [0.15, 0.2) is 29.2 Å². The summed E-state index contributed by atoms with van der Waals surface area (Å²) in [6, 6.07) is 7.46. The highest BCUT2D eigenvalue weighted by molar-refractivity contribution is 7.99. The quantitative estimate of drug-likeness (QED) is 0.637. The fraction of sp³-hybridized carbons (Fsp3) is 0.600. The van der Waals surface area contributed by atoms with Crippen molar-refractivity contribution >= 4 is 11.8 Å². The molecule has 0 aliphatic heterocycles. The Hall–Kier alpha value is -0.540. The normalized spacial score (nSPS) is 24.1. The van der Waals surface area contributed by atoms with Gasteiger partial charge in [-0.2, -0.15) is 0 Å². The van der Waals surface area contributed by atoms with Gasteiger partial charge in [-0.3, -0.25) is 0 Å². The maximum atomic E-state index is 12.7. The lowest BCUT2D eigenvalue weighted by atomic mass is 9.87. The molecule has 0 heterocycles. The highest BCUT2D eigenvalue weighted by Crippen LogP contribution is 2.23. The van der Waals surface area contributed by atoms with E-state index in [0.29, 0.717) is 6.04 Å². The van der Waals surface area contributed by atoms with Gasteiger partial charge in [-0.05, 0) is 43.0 Å². The predicted molar refractivity (Wildman–Crippen MR) is 76.5 cm³/mol. The molecule has 1 nitrogen and oxygen atoms in total. The smallest absolute Gasteiger partial charge is 0.123 e. The van der Waals surface area contributed by atoms with Crippen LogP contribution in [0.1, 0.15) is 32.6 Å². The molecule has 0 bridgehead atoms. The molecule has 2 atom stereocenters. The molecule has 2 rings (SSSR count). The number of hydrogen-bond donors (Lipinski definition) is 1. The van der Waals surface area contributed by atoms with Gasteiger partial charge >= 0.3 is 0 Å². The number of benzene rings is 1. The molecule has 1 aromatic carbocycles. The summed E-state index contributed by atoms with van der Waals surface area (Å²) in [7, 11) is 0. The first-order valence-electron chi connectivity index (χ1n) is 6.86. The molecule has 1 aliphatic carbocycles. The first-order chi connectivity index (χ1) is 8.74. The molecule has 100 valence electrons. The SMILES string of the molecule is CC1CCCC(NCCSc2ccc(F)cc2)C1. The summed E-state index contributed by atoms with van der Waals surface area (Å²) in [6.07, 6.45) is 5.40. The van der Waals surface area contributed by atoms with Gasteiger partial charge < -0.3 is 5.32 Å². The van der Waals surface area contributed by atoms with Crippen LogP contribution in [0.5, 0.6) is 0 Å². The van der Waals surface area contributed by atoms with Crippen LogP contribution in [-0.4, -0.2) is 18.3 Å². The largest absolute Gasteiger partial charge is 0.313 e. The van der Waals surface area contributed by atoms with Crippen molar-refractivity contribution in [3.05, 3.63) is 30.1 Å². The zero-order chi connectivity index (χ0) is 12.8. The molecule has 1 N–H and O–H groups in total. The third-order valence-corrected chi connectivity index (χ3v) is 4.57. The summed E-state index contributed by atoms with van der Waals surface area (Å²) < 4.78 is 12.7. The van der Waals surface area contributed by atoms with Gasteiger partial charge in [-0.1, -0.05) is 19.8 Å². The lowest BCUT2D eigenvalue weighted by Gasteiger charge is -2.27. The molecule has 18 heavy (non-hydrogen) atoms. The van der Waals surface area contributed by atoms with E-state index in [1.807, 2.05) is 12.1 Å². The van der Waals surface area contributed by atoms with Crippen LogP contribution in [0.4, 0.5) is 4.39 Å². The van der Waals surface area contributed by atoms with E-state index in [4.69, 9.17) is 0 Å². The molecule has 0 spiro atoms. The summed E-state index contributed by atoms with van der Waals surface area (Å²) in [5, 5.41) is 3.64. The number of halogens is 1. The van der Waals surface area contributed by atoms with Gasteiger partial charge in [0.1, 0.15) is 5.82 Å². The van der Waals surface area contributed by atoms with Crippen LogP contribution >= 0.6 is 11.8 Å². The van der Waals surface area contributed by atoms with Crippen LogP contribution < -0.4 is 5.32 Å². The van der Waals surface area contributed by atoms with E-state index >= 15 is 0 Å². The average Bonchev–Trinajstić information content (AvgIpc) is 2.37. The van der Waals surface area contributed by atoms with Crippen molar-refractivity contribution in [2.75, 3.05) is 12.3 Å². The Bertz CT molecular complexity index is 352. The minimum Gasteiger partial charge on any atom is -0.313 e. The van der Waals surface area contributed by atoms with E-state index in [-0.39, 0.29) is 5.82 Å². The summed E-state index contributed by atoms with van der Waals surface area (Å²) in [5.41, 5.74) is 0. The minimum atomic E-state index is -0.159. The highest BCUT2D eigenvalue weighted by Gasteiger charge is 2.17. The van der Waals surface area contributed by atoms with E-state index in [2.05, 4.69) is 12.2 Å². The van der Waals surface area contributed by atoms with Crippen molar-refractivity contribution in [2.45, 2.75) is 43.5 Å². The molecule has 1 saturated carbocycles. The molecule has 1 aromatic rings. The molecular weight excluding hydrogens is 245 g/mol. The Morgan fingerprint density at radius 2 is 2.06 bits per heavy atom. The van der Waals surface area contributed by atoms with Gasteiger partial charge in [0.25, 0.3) is 0 Å². The van der Waals surface area contributed by atoms with Crippen LogP contribution in [0, 0.1) is 11.7 Å². The maximum Gasteiger partial charge on any atom is 0.123 e. The zero-order valence-corrected chi connectivity index (χ0v) is 11.8. The summed E-state index contributed by atoms with van der Waals surface area (Å²) in [6.45, 7) is 3.39. The summed E-state index contributed by atoms with van der Waals surface area (Å²) in [5.74, 6) is 1.77. The number of rotatable bonds is 5. The van der Waals surface area contributed by atoms with Crippen LogP contribution in [0.2, 0.25) is 0 Å². The highest BCUT2D eigenvalue weighted by atomic mass is 32.2. The van der Waals surface area contributed by atoms with Gasteiger partial charge in [-0.15, -0.1) is 11.8 Å². The minimum absolute atomic E-state index is 0.159. The average molecular weight is 267 g/mol. The van der Waals surface area contributed by atoms with E-state index in [0.717, 1.165) is 23.1 Å². The number of hydrogen-bond acceptors (Lipinski definition) is 2. The molecule has 1 fully saturated rings. The summed E-state index contributed by atoms with van der Waals surface area (Å²) >= 11 is 1.79. The Morgan fingerprint density at radius 3 is 2.78 bits per heavy atom. The molecule has 2 unspecified atom stereocenters. The van der Waals surface area contributed by atoms with E-state index in [1.54, 1.807) is 11.8 Å². The first-order valence-corrected chi connectivity index (χ1v) is 7.84. The fourth-order valence-corrected chi connectivity index (χ4v) is 3.37. The van der Waals surface area contributed by atoms with Crippen molar-refractivity contribution in [3.63, 3.8) is 0 Å². The molecule has 0 radical (unpaired) electrons. The predicted octanol–water partition coefficient (Wildman–Crippen LogP) is 4.09. The van der Waals surface area contributed by atoms with Crippen molar-refractivity contribution in [1.29, 1.82) is 0 Å². The summed E-state index contributed by atoms with van der Waals surface area (Å²) in [4.78, 5) is 1.15. The lowest BCUT2D eigenvalue weighted by Crippen LogP contribution is -2.34. The first kappa shape index (κ1) is 13.9. The second kappa shape index (κ2) is 7.15. The zero-order valence-electron chi connectivity index (χ0n) is 11.0. The fourth-order valence-electron chi connectivity index (χ4n) is 2.58. The Labute approximate surface area is 114 Å². The number of thioether (sulfide) groups is 1. The molecule has 0 amide bonds. The van der Waals surface area contributed by atoms with Gasteiger partial charge in [0.2, 0.25) is 0 Å². The van der Waals surface area contributed by atoms with Crippen molar-refractivity contribution < 1.29 is 4.39 Å². The van der Waals surface area contributed by atoms with Crippen molar-refractivity contribution in [1.82, 2.24) is 5.32 Å². The third kappa shape index (κ3) is 4.62. The molecule has 1 aliphatic rings. The molecular formula is C15H22FNS. The molecule has 3 heteroatoms. The number of nitrogens with one attached hydrogen (secondary N) is 1. The van der Waals surface area contributed by atoms with Crippen molar-refractivity contribution in [3.8, 4) is 0 Å². The Kier molecular flexibility index (Phi) is 5.51. The van der Waals surface area contributed by atoms with E-state index in [1.165, 1.54) is 37.8 Å². The van der Waals surface area contributed by atoms with Crippen LogP contribution in [0.3, 0.4) is 0 Å². The van der Waals surface area contributed by atoms with E-state index in [9.17, 15) is 4.39 Å². The lowest BCUT2D eigenvalue weighted by molar-refractivity contribution is 0.306. The Morgan fingerprint density at radius 1 is 1.28 bits per heavy atom. The molecule has 0 saturated heterocycles. The second-order valence-electron chi connectivity index (χ2n) is 5.23. The van der Waals surface area contributed by atoms with Gasteiger partial charge in [0.15, 0.2) is 0 Å². The molecule has 0 aromatic heterocycles. The van der Waals surface area contributed by atoms with Crippen LogP contribution in [-0.2, 0) is 0 Å². The standard InChI is InChI=1S/C15H22FNS/c1-12-3-2-4-14(11-12)17-9-10-18-15-7-5-13(16)6-8-15/h5-8,12,14,17H,2-4,9-11H2,1H3. The van der Waals surface area contributed by atoms with Gasteiger partial charge in [0, 0.05) is 23.2 Å². The third-order valence-electron chi connectivity index (χ3n) is 3.55. The monoisotopic (exact) mass is 267 g/mol.